The average molecular weight is 781 g/mol. The number of hydrogen-bond acceptors (Lipinski definition) is 8. The molecule has 12 nitrogen and oxygen atoms in total. The number of fused-ring (bicyclic) bond motifs is 5. The SMILES string of the molecule is CN(C)c1ccc2c(-c3ccc(C(=O)NCCCC[C@H](NC(=O)OCC4c5ccccc5-c5ccccc54)C(=O)O)cc3C(=O)[O-])c3ccc(=[N+](C)C)cc-3oc2c1. The number of carboxylic acids is 2. The van der Waals surface area contributed by atoms with Gasteiger partial charge in [-0.1, -0.05) is 54.6 Å². The summed E-state index contributed by atoms with van der Waals surface area (Å²) in [5.41, 5.74) is 7.42. The van der Waals surface area contributed by atoms with Crippen LogP contribution in [0.5, 0.6) is 0 Å². The Bertz CT molecular complexity index is 2560. The van der Waals surface area contributed by atoms with Gasteiger partial charge in [-0.15, -0.1) is 0 Å². The van der Waals surface area contributed by atoms with Gasteiger partial charge in [0.25, 0.3) is 5.91 Å². The van der Waals surface area contributed by atoms with Crippen molar-refractivity contribution in [2.45, 2.75) is 31.2 Å². The summed E-state index contributed by atoms with van der Waals surface area (Å²) in [6, 6.07) is 30.6. The van der Waals surface area contributed by atoms with Crippen LogP contribution in [0.25, 0.3) is 44.5 Å². The zero-order valence-corrected chi connectivity index (χ0v) is 32.7. The normalized spacial score (nSPS) is 12.4. The van der Waals surface area contributed by atoms with E-state index in [0.717, 1.165) is 33.3 Å². The number of carbonyl (C=O) groups is 4. The molecule has 4 aromatic rings. The van der Waals surface area contributed by atoms with E-state index in [9.17, 15) is 29.4 Å². The highest BCUT2D eigenvalue weighted by Gasteiger charge is 2.30. The highest BCUT2D eigenvalue weighted by atomic mass is 16.5. The Kier molecular flexibility index (Phi) is 11.3. The van der Waals surface area contributed by atoms with Gasteiger partial charge in [-0.05, 0) is 77.4 Å². The molecule has 58 heavy (non-hydrogen) atoms. The minimum Gasteiger partial charge on any atom is -0.545 e. The molecule has 7 rings (SSSR count). The molecule has 0 radical (unpaired) electrons. The number of ether oxygens (including phenoxy) is 1. The summed E-state index contributed by atoms with van der Waals surface area (Å²) in [5.74, 6) is -2.73. The minimum absolute atomic E-state index is 0.0580. The molecule has 0 aromatic heterocycles. The van der Waals surface area contributed by atoms with E-state index in [4.69, 9.17) is 9.15 Å². The van der Waals surface area contributed by atoms with E-state index in [1.807, 2.05) is 123 Å². The van der Waals surface area contributed by atoms with Gasteiger partial charge in [0.2, 0.25) is 5.36 Å². The van der Waals surface area contributed by atoms with Crippen LogP contribution in [-0.4, -0.2) is 76.4 Å². The number of alkyl carbamates (subject to hydrolysis) is 1. The molecule has 1 aliphatic heterocycles. The number of carboxylic acid groups (broad SMARTS) is 2. The van der Waals surface area contributed by atoms with Crippen molar-refractivity contribution >= 4 is 40.6 Å². The maximum absolute atomic E-state index is 13.3. The Morgan fingerprint density at radius 2 is 1.53 bits per heavy atom. The summed E-state index contributed by atoms with van der Waals surface area (Å²) in [4.78, 5) is 52.7. The number of aliphatic carboxylic acids is 1. The van der Waals surface area contributed by atoms with Crippen LogP contribution >= 0.6 is 0 Å². The molecular weight excluding hydrogens is 737 g/mol. The third-order valence-corrected chi connectivity index (χ3v) is 10.6. The maximum Gasteiger partial charge on any atom is 0.407 e. The Morgan fingerprint density at radius 1 is 0.845 bits per heavy atom. The number of anilines is 1. The smallest absolute Gasteiger partial charge is 0.407 e. The fraction of sp³-hybridized carbons (Fsp3) is 0.239. The molecule has 1 heterocycles. The summed E-state index contributed by atoms with van der Waals surface area (Å²) in [6.07, 6.45) is 0.0603. The van der Waals surface area contributed by atoms with E-state index in [-0.39, 0.29) is 36.6 Å². The number of nitrogens with one attached hydrogen (secondary N) is 2. The predicted octanol–water partition coefficient (Wildman–Crippen LogP) is 5.56. The van der Waals surface area contributed by atoms with Crippen molar-refractivity contribution in [3.63, 3.8) is 0 Å². The number of amides is 2. The monoisotopic (exact) mass is 780 g/mol. The first-order valence-electron chi connectivity index (χ1n) is 19.1. The lowest BCUT2D eigenvalue weighted by atomic mass is 9.89. The van der Waals surface area contributed by atoms with E-state index in [1.165, 1.54) is 6.07 Å². The van der Waals surface area contributed by atoms with Crippen LogP contribution in [0.15, 0.2) is 108 Å². The van der Waals surface area contributed by atoms with Gasteiger partial charge < -0.3 is 39.7 Å². The number of benzene rings is 5. The molecule has 0 saturated carbocycles. The Hall–Kier alpha value is -6.95. The first-order valence-corrected chi connectivity index (χ1v) is 19.1. The Balaban J connectivity index is 0.994. The Labute approximate surface area is 335 Å². The molecule has 2 aliphatic carbocycles. The minimum atomic E-state index is -1.44. The number of unbranched alkanes of at least 4 members (excludes halogenated alkanes) is 1. The van der Waals surface area contributed by atoms with Crippen LogP contribution in [0.3, 0.4) is 0 Å². The van der Waals surface area contributed by atoms with E-state index >= 15 is 0 Å². The van der Waals surface area contributed by atoms with Crippen molar-refractivity contribution in [3.8, 4) is 33.6 Å². The summed E-state index contributed by atoms with van der Waals surface area (Å²) >= 11 is 0. The van der Waals surface area contributed by atoms with Crippen molar-refractivity contribution in [3.05, 3.63) is 131 Å². The number of aromatic carboxylic acids is 1. The first kappa shape index (κ1) is 39.3. The highest BCUT2D eigenvalue weighted by Crippen LogP contribution is 2.45. The van der Waals surface area contributed by atoms with Gasteiger partial charge in [-0.25, -0.2) is 14.2 Å². The molecule has 296 valence electrons. The zero-order valence-electron chi connectivity index (χ0n) is 32.7. The Morgan fingerprint density at radius 3 is 2.19 bits per heavy atom. The summed E-state index contributed by atoms with van der Waals surface area (Å²) in [7, 11) is 7.69. The molecule has 0 spiro atoms. The second-order valence-corrected chi connectivity index (χ2v) is 14.8. The molecule has 12 heteroatoms. The van der Waals surface area contributed by atoms with Crippen molar-refractivity contribution in [2.75, 3.05) is 46.2 Å². The first-order chi connectivity index (χ1) is 27.9. The second-order valence-electron chi connectivity index (χ2n) is 14.8. The topological polar surface area (TPSA) is 164 Å². The third kappa shape index (κ3) is 7.99. The molecular formula is C46H44N4O8. The van der Waals surface area contributed by atoms with E-state index in [2.05, 4.69) is 10.6 Å². The average Bonchev–Trinajstić information content (AvgIpc) is 3.53. The van der Waals surface area contributed by atoms with Gasteiger partial charge in [0, 0.05) is 72.0 Å². The van der Waals surface area contributed by atoms with Crippen molar-refractivity contribution < 1.29 is 38.5 Å². The van der Waals surface area contributed by atoms with Gasteiger partial charge in [-0.3, -0.25) is 4.79 Å². The molecule has 1 atom stereocenters. The molecule has 3 aliphatic rings. The van der Waals surface area contributed by atoms with Crippen molar-refractivity contribution in [1.29, 1.82) is 0 Å². The van der Waals surface area contributed by atoms with Crippen LogP contribution in [-0.2, 0) is 9.53 Å². The lowest BCUT2D eigenvalue weighted by Crippen LogP contribution is -2.41. The fourth-order valence-electron chi connectivity index (χ4n) is 7.60. The zero-order chi connectivity index (χ0) is 41.1. The summed E-state index contributed by atoms with van der Waals surface area (Å²) in [6.45, 7) is 0.249. The molecule has 0 unspecified atom stereocenters. The van der Waals surface area contributed by atoms with Crippen molar-refractivity contribution in [1.82, 2.24) is 15.2 Å². The van der Waals surface area contributed by atoms with E-state index < -0.39 is 30.0 Å². The van der Waals surface area contributed by atoms with Gasteiger partial charge in [-0.2, -0.15) is 0 Å². The van der Waals surface area contributed by atoms with Gasteiger partial charge in [0.15, 0.2) is 0 Å². The lowest BCUT2D eigenvalue weighted by Gasteiger charge is -2.20. The van der Waals surface area contributed by atoms with Crippen LogP contribution in [0, 0.1) is 0 Å². The van der Waals surface area contributed by atoms with Gasteiger partial charge in [0.1, 0.15) is 38.1 Å². The quantitative estimate of drug-likeness (QED) is 0.0774. The number of nitrogens with zero attached hydrogens (tertiary/aromatic N) is 2. The molecule has 0 bridgehead atoms. The third-order valence-electron chi connectivity index (χ3n) is 10.6. The maximum atomic E-state index is 13.3. The number of hydrogen-bond donors (Lipinski definition) is 3. The second kappa shape index (κ2) is 16.6. The highest BCUT2D eigenvalue weighted by molar-refractivity contribution is 6.09. The molecule has 3 N–H and O–H groups in total. The van der Waals surface area contributed by atoms with Crippen LogP contribution < -0.4 is 30.6 Å². The standard InChI is InChI=1S/C46H44N4O8/c1-49(2)28-17-20-35-40(24-28)58-41-25-29(50(3)4)18-21-36(41)42(35)34-19-16-27(23-37(34)44(52)53)43(51)47-22-10-9-15-39(45(54)55)48-46(56)57-26-38-32-13-7-5-11-30(32)31-12-6-8-14-33(31)38/h5-8,11-14,16-21,23-25,38-39H,9-10,15,22,26H2,1-4H3,(H3-,47,48,51,52,53,54,55,56)/t39-/m0/s1. The van der Waals surface area contributed by atoms with Crippen LogP contribution in [0.1, 0.15) is 57.0 Å². The van der Waals surface area contributed by atoms with E-state index in [1.54, 1.807) is 12.1 Å². The largest absolute Gasteiger partial charge is 0.545 e. The van der Waals surface area contributed by atoms with Crippen molar-refractivity contribution in [2.24, 2.45) is 0 Å². The summed E-state index contributed by atoms with van der Waals surface area (Å²) < 4.78 is 13.9. The van der Waals surface area contributed by atoms with Gasteiger partial charge >= 0.3 is 12.1 Å². The molecule has 0 saturated heterocycles. The fourth-order valence-corrected chi connectivity index (χ4v) is 7.60. The van der Waals surface area contributed by atoms with Gasteiger partial charge in [0.05, 0.1) is 12.0 Å². The number of carbonyl (C=O) groups excluding carboxylic acids is 3. The van der Waals surface area contributed by atoms with E-state index in [0.29, 0.717) is 46.3 Å². The number of rotatable bonds is 13. The predicted molar refractivity (Wildman–Crippen MR) is 220 cm³/mol. The molecule has 2 amide bonds. The van der Waals surface area contributed by atoms with Crippen LogP contribution in [0.4, 0.5) is 10.5 Å². The molecule has 4 aromatic carbocycles. The van der Waals surface area contributed by atoms with Crippen LogP contribution in [0.2, 0.25) is 0 Å². The lowest BCUT2D eigenvalue weighted by molar-refractivity contribution is -0.254. The molecule has 0 fully saturated rings. The summed E-state index contributed by atoms with van der Waals surface area (Å²) in [5, 5.41) is 29.3.